The summed E-state index contributed by atoms with van der Waals surface area (Å²) in [5, 5.41) is 37.7. The van der Waals surface area contributed by atoms with Crippen LogP contribution < -0.4 is 10.2 Å². The van der Waals surface area contributed by atoms with Gasteiger partial charge >= 0.3 is 34.1 Å². The smallest absolute Gasteiger partial charge is 0.759 e. The van der Waals surface area contributed by atoms with Gasteiger partial charge in [0.15, 0.2) is 11.6 Å². The zero-order valence-electron chi connectivity index (χ0n) is 22.2. The summed E-state index contributed by atoms with van der Waals surface area (Å²) >= 11 is 0. The van der Waals surface area contributed by atoms with Crippen molar-refractivity contribution in [1.29, 1.82) is 0 Å². The Bertz CT molecular complexity index is 1400. The number of hydrogen-bond acceptors (Lipinski definition) is 12. The van der Waals surface area contributed by atoms with Gasteiger partial charge < -0.3 is 39.7 Å². The van der Waals surface area contributed by atoms with Gasteiger partial charge in [-0.05, 0) is 36.4 Å². The molecule has 43 heavy (non-hydrogen) atoms. The van der Waals surface area contributed by atoms with E-state index in [9.17, 15) is 0 Å². The summed E-state index contributed by atoms with van der Waals surface area (Å²) in [6.07, 6.45) is 10.4. The fraction of sp³-hybridized carbons (Fsp3) is 0.0833. The van der Waals surface area contributed by atoms with E-state index >= 15 is 0 Å². The Labute approximate surface area is 267 Å². The molecule has 0 saturated carbocycles. The van der Waals surface area contributed by atoms with Crippen molar-refractivity contribution in [2.75, 3.05) is 14.2 Å². The third kappa shape index (κ3) is 13.7. The first-order valence-electron chi connectivity index (χ1n) is 11.3. The fourth-order valence-corrected chi connectivity index (χ4v) is 2.93. The second-order valence-corrected chi connectivity index (χ2v) is 7.72. The first-order chi connectivity index (χ1) is 19.9. The number of pyridine rings is 2. The van der Waals surface area contributed by atoms with Crippen molar-refractivity contribution in [2.45, 2.75) is 0 Å². The maximum Gasteiger partial charge on any atom is 2.00 e. The monoisotopic (exact) mass is 706 g/mol. The summed E-state index contributed by atoms with van der Waals surface area (Å²) in [5.41, 5.74) is 3.14. The summed E-state index contributed by atoms with van der Waals surface area (Å²) in [6, 6.07) is 18.8. The van der Waals surface area contributed by atoms with E-state index in [1.165, 1.54) is 0 Å². The molecule has 0 aliphatic heterocycles. The summed E-state index contributed by atoms with van der Waals surface area (Å²) in [4.78, 5) is 8.91. The number of aliphatic hydroxyl groups is 2. The van der Waals surface area contributed by atoms with Crippen LogP contribution in [0.15, 0.2) is 97.8 Å². The molecule has 0 unspecified atom stereocenters. The summed E-state index contributed by atoms with van der Waals surface area (Å²) in [7, 11) is -3.17. The third-order valence-corrected chi connectivity index (χ3v) is 4.40. The molecule has 0 fully saturated rings. The zero-order valence-corrected chi connectivity index (χ0v) is 24.9. The summed E-state index contributed by atoms with van der Waals surface area (Å²) in [5.74, 6) is 1.54. The molecule has 6 rings (SSSR count). The Hall–Kier alpha value is -4.03. The van der Waals surface area contributed by atoms with Gasteiger partial charge in [-0.1, -0.05) is 30.0 Å². The topological polar surface area (TPSA) is 236 Å². The zero-order chi connectivity index (χ0) is 30.1. The van der Waals surface area contributed by atoms with Crippen molar-refractivity contribution >= 4 is 10.4 Å². The molecule has 16 nitrogen and oxygen atoms in total. The molecular formula is C24H24Cu2N10O6S. The van der Waals surface area contributed by atoms with Gasteiger partial charge in [0.05, 0.1) is 17.1 Å². The maximum atomic E-state index is 8.52. The predicted molar refractivity (Wildman–Crippen MR) is 143 cm³/mol. The molecule has 0 aliphatic rings. The average Bonchev–Trinajstić information content (AvgIpc) is 3.83. The van der Waals surface area contributed by atoms with Crippen molar-refractivity contribution in [3.63, 3.8) is 0 Å². The van der Waals surface area contributed by atoms with Crippen molar-refractivity contribution in [3.8, 4) is 34.4 Å². The van der Waals surface area contributed by atoms with E-state index in [0.717, 1.165) is 48.6 Å². The summed E-state index contributed by atoms with van der Waals surface area (Å²) < 4.78 is 37.5. The Morgan fingerprint density at radius 2 is 1.21 bits per heavy atom. The average molecular weight is 708 g/mol. The number of nitrogens with zero attached hydrogens (tertiary/aromatic N) is 10. The van der Waals surface area contributed by atoms with Crippen LogP contribution >= 0.6 is 0 Å². The number of aromatic nitrogens is 10. The molecule has 6 aromatic rings. The van der Waals surface area contributed by atoms with E-state index in [1.54, 1.807) is 34.2 Å². The number of hydrogen-bond donors (Lipinski definition) is 2. The van der Waals surface area contributed by atoms with Crippen LogP contribution in [0.3, 0.4) is 0 Å². The molecule has 0 spiro atoms. The van der Waals surface area contributed by atoms with E-state index in [1.807, 2.05) is 73.1 Å². The maximum absolute atomic E-state index is 8.52. The quantitative estimate of drug-likeness (QED) is 0.144. The first kappa shape index (κ1) is 39.0. The van der Waals surface area contributed by atoms with Gasteiger partial charge in [-0.15, -0.1) is 0 Å². The van der Waals surface area contributed by atoms with Gasteiger partial charge in [-0.3, -0.25) is 8.42 Å². The molecule has 0 bridgehead atoms. The van der Waals surface area contributed by atoms with Crippen LogP contribution in [0, 0.1) is 0 Å². The van der Waals surface area contributed by atoms with Gasteiger partial charge in [0.25, 0.3) is 0 Å². The van der Waals surface area contributed by atoms with Gasteiger partial charge in [-0.25, -0.2) is 19.3 Å². The minimum absolute atomic E-state index is 0. The molecule has 0 amide bonds. The second-order valence-electron chi connectivity index (χ2n) is 6.90. The molecule has 0 saturated heterocycles. The second kappa shape index (κ2) is 20.8. The van der Waals surface area contributed by atoms with Crippen molar-refractivity contribution in [1.82, 2.24) is 49.9 Å². The molecule has 19 heteroatoms. The largest absolute Gasteiger partial charge is 2.00 e. The van der Waals surface area contributed by atoms with Crippen LogP contribution in [0.2, 0.25) is 0 Å². The number of rotatable bonds is 4. The minimum Gasteiger partial charge on any atom is -0.759 e. The van der Waals surface area contributed by atoms with Crippen LogP contribution in [0.25, 0.3) is 34.4 Å². The first-order valence-corrected chi connectivity index (χ1v) is 12.6. The van der Waals surface area contributed by atoms with E-state index in [-0.39, 0.29) is 34.1 Å². The molecule has 234 valence electrons. The van der Waals surface area contributed by atoms with Crippen LogP contribution in [0.5, 0.6) is 0 Å². The minimum atomic E-state index is -5.17. The van der Waals surface area contributed by atoms with Crippen molar-refractivity contribution in [2.24, 2.45) is 0 Å². The molecule has 0 aromatic carbocycles. The fourth-order valence-electron chi connectivity index (χ4n) is 2.93. The molecule has 6 heterocycles. The van der Waals surface area contributed by atoms with Gasteiger partial charge in [0.2, 0.25) is 0 Å². The molecule has 0 atom stereocenters. The SMILES string of the molecule is CO.CO.O=S(=O)([O-])[O-].[Cu+2].[Cu+2].c1cc(-c2cc[n-]n2)nc(-n2cccn2)c1.c1cc(-c2ccn[n-]2)nc(-n2cccn2)c1. The third-order valence-electron chi connectivity index (χ3n) is 4.40. The van der Waals surface area contributed by atoms with Crippen molar-refractivity contribution in [3.05, 3.63) is 97.8 Å². The molecule has 2 N–H and O–H groups in total. The predicted octanol–water partition coefficient (Wildman–Crippen LogP) is 0.447. The molecular weight excluding hydrogens is 683 g/mol. The van der Waals surface area contributed by atoms with Crippen molar-refractivity contribution < 1.29 is 61.9 Å². The van der Waals surface area contributed by atoms with E-state index in [4.69, 9.17) is 27.7 Å². The van der Waals surface area contributed by atoms with Crippen LogP contribution in [-0.4, -0.2) is 81.7 Å². The molecule has 2 radical (unpaired) electrons. The normalized spacial score (nSPS) is 9.44. The summed E-state index contributed by atoms with van der Waals surface area (Å²) in [6.45, 7) is 0. The molecule has 0 aliphatic carbocycles. The number of aliphatic hydroxyl groups excluding tert-OH is 2. The Morgan fingerprint density at radius 1 is 0.698 bits per heavy atom. The Morgan fingerprint density at radius 3 is 1.63 bits per heavy atom. The standard InChI is InChI=1S/2C11H8N5.2CH4O.2Cu.H2O4S/c2*1-3-9(10-5-7-12-15-10)14-11(4-1)16-8-2-6-13-16;2*1-2;;;1-5(2,3)4/h2*1-8H;2*2H,1H3;;;(H2,1,2,3,4)/q2*-1;;;2*+2;/p-2. The van der Waals surface area contributed by atoms with Gasteiger partial charge in [0.1, 0.15) is 0 Å². The van der Waals surface area contributed by atoms with Gasteiger partial charge in [-0.2, -0.15) is 16.4 Å². The Kier molecular flexibility index (Phi) is 18.8. The Balaban J connectivity index is 0.000000625. The molecule has 6 aromatic heterocycles. The van der Waals surface area contributed by atoms with Crippen LogP contribution in [0.4, 0.5) is 0 Å². The van der Waals surface area contributed by atoms with Crippen LogP contribution in [-0.2, 0) is 44.5 Å². The van der Waals surface area contributed by atoms with Gasteiger partial charge in [0, 0.05) is 55.6 Å². The van der Waals surface area contributed by atoms with E-state index < -0.39 is 10.4 Å². The van der Waals surface area contributed by atoms with Crippen LogP contribution in [0.1, 0.15) is 0 Å². The van der Waals surface area contributed by atoms with E-state index in [2.05, 4.69) is 40.6 Å². The van der Waals surface area contributed by atoms with E-state index in [0.29, 0.717) is 0 Å².